The van der Waals surface area contributed by atoms with Gasteiger partial charge in [0.15, 0.2) is 11.9 Å². The van der Waals surface area contributed by atoms with Gasteiger partial charge in [0.1, 0.15) is 24.6 Å². The maximum Gasteiger partial charge on any atom is 0.272 e. The first-order valence-electron chi connectivity index (χ1n) is 5.54. The van der Waals surface area contributed by atoms with Crippen molar-refractivity contribution in [3.63, 3.8) is 0 Å². The first kappa shape index (κ1) is 13.7. The van der Waals surface area contributed by atoms with Crippen LogP contribution in [0.4, 0.5) is 0 Å². The van der Waals surface area contributed by atoms with Crippen molar-refractivity contribution in [1.29, 1.82) is 0 Å². The highest BCUT2D eigenvalue weighted by Crippen LogP contribution is 2.33. The normalized spacial score (nSPS) is 30.5. The summed E-state index contributed by atoms with van der Waals surface area (Å²) < 4.78 is 11.5. The van der Waals surface area contributed by atoms with Crippen molar-refractivity contribution < 1.29 is 29.6 Å². The number of hydrogen-bond acceptors (Lipinski definition) is 7. The number of amides is 1. The van der Waals surface area contributed by atoms with Crippen molar-refractivity contribution in [2.45, 2.75) is 24.5 Å². The average Bonchev–Trinajstić information content (AvgIpc) is 2.92. The Bertz CT molecular complexity index is 476. The SMILES string of the molecule is COc1c(C(N)=O)ncn1C1OC(CO)C(O)C1O. The fourth-order valence-electron chi connectivity index (χ4n) is 2.01. The molecule has 0 radical (unpaired) electrons. The van der Waals surface area contributed by atoms with E-state index >= 15 is 0 Å². The molecule has 4 unspecified atom stereocenters. The highest BCUT2D eigenvalue weighted by molar-refractivity contribution is 5.93. The number of carbonyl (C=O) groups excluding carboxylic acids is 1. The zero-order valence-corrected chi connectivity index (χ0v) is 10.1. The molecule has 9 heteroatoms. The van der Waals surface area contributed by atoms with Crippen LogP contribution in [0.25, 0.3) is 0 Å². The lowest BCUT2D eigenvalue weighted by atomic mass is 10.1. The summed E-state index contributed by atoms with van der Waals surface area (Å²) in [5, 5.41) is 28.6. The fourth-order valence-corrected chi connectivity index (χ4v) is 2.01. The summed E-state index contributed by atoms with van der Waals surface area (Å²) in [6.07, 6.45) is -3.29. The molecule has 2 heterocycles. The number of ether oxygens (including phenoxy) is 2. The topological polar surface area (TPSA) is 140 Å². The summed E-state index contributed by atoms with van der Waals surface area (Å²) in [4.78, 5) is 14.9. The van der Waals surface area contributed by atoms with Gasteiger partial charge in [-0.1, -0.05) is 0 Å². The number of aliphatic hydroxyl groups is 3. The molecule has 1 saturated heterocycles. The summed E-state index contributed by atoms with van der Waals surface area (Å²) in [6.45, 7) is -0.450. The van der Waals surface area contributed by atoms with Crippen LogP contribution < -0.4 is 10.5 Å². The number of rotatable bonds is 4. The predicted octanol–water partition coefficient (Wildman–Crippen LogP) is -2.40. The standard InChI is InChI=1S/C10H15N3O6/c1-18-9-5(8(11)17)12-3-13(9)10-7(16)6(15)4(2-14)19-10/h3-4,6-7,10,14-16H,2H2,1H3,(H2,11,17). The lowest BCUT2D eigenvalue weighted by molar-refractivity contribution is -0.0553. The van der Waals surface area contributed by atoms with E-state index in [9.17, 15) is 15.0 Å². The van der Waals surface area contributed by atoms with E-state index in [1.807, 2.05) is 0 Å². The van der Waals surface area contributed by atoms with Crippen molar-refractivity contribution >= 4 is 5.91 Å². The molecule has 0 bridgehead atoms. The molecule has 1 aliphatic rings. The lowest BCUT2D eigenvalue weighted by Gasteiger charge is -2.18. The van der Waals surface area contributed by atoms with E-state index in [0.717, 1.165) is 0 Å². The Labute approximate surface area is 108 Å². The number of carbonyl (C=O) groups is 1. The molecule has 0 aliphatic carbocycles. The third-order valence-electron chi connectivity index (χ3n) is 2.97. The van der Waals surface area contributed by atoms with Crippen molar-refractivity contribution in [3.8, 4) is 5.88 Å². The summed E-state index contributed by atoms with van der Waals surface area (Å²) in [5.74, 6) is -0.773. The second-order valence-corrected chi connectivity index (χ2v) is 4.10. The van der Waals surface area contributed by atoms with Crippen LogP contribution in [0.1, 0.15) is 16.7 Å². The molecule has 4 atom stereocenters. The van der Waals surface area contributed by atoms with Gasteiger partial charge in [-0.25, -0.2) is 4.98 Å². The van der Waals surface area contributed by atoms with Gasteiger partial charge in [-0.3, -0.25) is 9.36 Å². The van der Waals surface area contributed by atoms with Crippen LogP contribution in [0.15, 0.2) is 6.33 Å². The second-order valence-electron chi connectivity index (χ2n) is 4.10. The number of imidazole rings is 1. The van der Waals surface area contributed by atoms with Gasteiger partial charge in [0.25, 0.3) is 5.91 Å². The van der Waals surface area contributed by atoms with Crippen LogP contribution in [0, 0.1) is 0 Å². The van der Waals surface area contributed by atoms with Gasteiger partial charge in [0.05, 0.1) is 13.7 Å². The van der Waals surface area contributed by atoms with Crippen LogP contribution in [0.2, 0.25) is 0 Å². The maximum absolute atomic E-state index is 11.1. The number of nitrogens with zero attached hydrogens (tertiary/aromatic N) is 2. The smallest absolute Gasteiger partial charge is 0.272 e. The Balaban J connectivity index is 2.35. The van der Waals surface area contributed by atoms with Gasteiger partial charge in [-0.2, -0.15) is 0 Å². The molecule has 1 aliphatic heterocycles. The van der Waals surface area contributed by atoms with Crippen LogP contribution in [0.5, 0.6) is 5.88 Å². The fraction of sp³-hybridized carbons (Fsp3) is 0.600. The van der Waals surface area contributed by atoms with E-state index in [-0.39, 0.29) is 11.6 Å². The molecule has 19 heavy (non-hydrogen) atoms. The van der Waals surface area contributed by atoms with Gasteiger partial charge in [0, 0.05) is 0 Å². The number of aliphatic hydroxyl groups excluding tert-OH is 3. The molecule has 0 spiro atoms. The zero-order valence-electron chi connectivity index (χ0n) is 10.1. The minimum Gasteiger partial charge on any atom is -0.480 e. The number of methoxy groups -OCH3 is 1. The van der Waals surface area contributed by atoms with E-state index in [4.69, 9.17) is 20.3 Å². The molecule has 2 rings (SSSR count). The van der Waals surface area contributed by atoms with Gasteiger partial charge in [0.2, 0.25) is 5.88 Å². The zero-order chi connectivity index (χ0) is 14.2. The molecule has 9 nitrogen and oxygen atoms in total. The molecule has 1 fully saturated rings. The first-order chi connectivity index (χ1) is 9.01. The second kappa shape index (κ2) is 5.13. The van der Waals surface area contributed by atoms with Crippen molar-refractivity contribution in [3.05, 3.63) is 12.0 Å². The molecule has 1 aromatic rings. The van der Waals surface area contributed by atoms with E-state index in [0.29, 0.717) is 0 Å². The molecule has 106 valence electrons. The number of hydrogen-bond donors (Lipinski definition) is 4. The van der Waals surface area contributed by atoms with E-state index in [1.165, 1.54) is 18.0 Å². The minimum absolute atomic E-state index is 0.0161. The largest absolute Gasteiger partial charge is 0.480 e. The third-order valence-corrected chi connectivity index (χ3v) is 2.97. The molecular formula is C10H15N3O6. The van der Waals surface area contributed by atoms with Crippen LogP contribution >= 0.6 is 0 Å². The average molecular weight is 273 g/mol. The Hall–Kier alpha value is -1.68. The number of primary amides is 1. The number of aromatic nitrogens is 2. The predicted molar refractivity (Wildman–Crippen MR) is 60.3 cm³/mol. The Morgan fingerprint density at radius 3 is 2.74 bits per heavy atom. The van der Waals surface area contributed by atoms with Gasteiger partial charge >= 0.3 is 0 Å². The molecule has 1 aromatic heterocycles. The summed E-state index contributed by atoms with van der Waals surface area (Å²) in [7, 11) is 1.31. The van der Waals surface area contributed by atoms with Gasteiger partial charge in [-0.15, -0.1) is 0 Å². The van der Waals surface area contributed by atoms with E-state index in [2.05, 4.69) is 4.98 Å². The van der Waals surface area contributed by atoms with Crippen LogP contribution in [0.3, 0.4) is 0 Å². The molecular weight excluding hydrogens is 258 g/mol. The third kappa shape index (κ3) is 2.16. The lowest BCUT2D eigenvalue weighted by Crippen LogP contribution is -2.33. The highest BCUT2D eigenvalue weighted by atomic mass is 16.6. The van der Waals surface area contributed by atoms with Gasteiger partial charge < -0.3 is 30.5 Å². The van der Waals surface area contributed by atoms with Crippen LogP contribution in [-0.2, 0) is 4.74 Å². The molecule has 0 aromatic carbocycles. The van der Waals surface area contributed by atoms with Gasteiger partial charge in [-0.05, 0) is 0 Å². The monoisotopic (exact) mass is 273 g/mol. The van der Waals surface area contributed by atoms with E-state index in [1.54, 1.807) is 0 Å². The highest BCUT2D eigenvalue weighted by Gasteiger charge is 2.44. The van der Waals surface area contributed by atoms with Crippen molar-refractivity contribution in [2.75, 3.05) is 13.7 Å². The Morgan fingerprint density at radius 2 is 2.26 bits per heavy atom. The minimum atomic E-state index is -1.29. The van der Waals surface area contributed by atoms with Crippen molar-refractivity contribution in [2.24, 2.45) is 5.73 Å². The summed E-state index contributed by atoms with van der Waals surface area (Å²) in [5.41, 5.74) is 5.02. The first-order valence-corrected chi connectivity index (χ1v) is 5.54. The maximum atomic E-state index is 11.1. The molecule has 0 saturated carbocycles. The van der Waals surface area contributed by atoms with Crippen LogP contribution in [-0.4, -0.2) is 62.8 Å². The van der Waals surface area contributed by atoms with Crippen molar-refractivity contribution in [1.82, 2.24) is 9.55 Å². The Kier molecular flexibility index (Phi) is 3.71. The van der Waals surface area contributed by atoms with E-state index < -0.39 is 37.1 Å². The summed E-state index contributed by atoms with van der Waals surface area (Å²) in [6, 6.07) is 0. The quantitative estimate of drug-likeness (QED) is 0.479. The summed E-state index contributed by atoms with van der Waals surface area (Å²) >= 11 is 0. The molecule has 1 amide bonds. The number of nitrogens with two attached hydrogens (primary N) is 1. The Morgan fingerprint density at radius 1 is 1.58 bits per heavy atom. The molecule has 5 N–H and O–H groups in total.